The molecule has 6 heteroatoms. The van der Waals surface area contributed by atoms with Crippen LogP contribution in [0.1, 0.15) is 18.9 Å². The van der Waals surface area contributed by atoms with Crippen LogP contribution in [-0.2, 0) is 9.47 Å². The van der Waals surface area contributed by atoms with Gasteiger partial charge in [-0.25, -0.2) is 14.4 Å². The second-order valence-corrected chi connectivity index (χ2v) is 6.27. The van der Waals surface area contributed by atoms with Crippen molar-refractivity contribution in [2.24, 2.45) is 5.92 Å². The smallest absolute Gasteiger partial charge is 0.222 e. The Morgan fingerprint density at radius 2 is 2.00 bits per heavy atom. The summed E-state index contributed by atoms with van der Waals surface area (Å²) in [6.07, 6.45) is 7.70. The van der Waals surface area contributed by atoms with Crippen LogP contribution in [0.2, 0.25) is 5.02 Å². The Balaban J connectivity index is 1.60. The lowest BCUT2D eigenvalue weighted by molar-refractivity contribution is -0.168. The molecular formula is C20H18ClFN2O2. The zero-order chi connectivity index (χ0) is 18.4. The molecule has 1 fully saturated rings. The molecule has 2 heterocycles. The van der Waals surface area contributed by atoms with E-state index in [1.807, 2.05) is 13.0 Å². The highest BCUT2D eigenvalue weighted by Gasteiger charge is 2.19. The van der Waals surface area contributed by atoms with Crippen LogP contribution >= 0.6 is 11.6 Å². The van der Waals surface area contributed by atoms with Crippen molar-refractivity contribution < 1.29 is 13.9 Å². The largest absolute Gasteiger partial charge is 0.342 e. The highest BCUT2D eigenvalue weighted by atomic mass is 35.5. The van der Waals surface area contributed by atoms with E-state index in [-0.39, 0.29) is 5.02 Å². The quantitative estimate of drug-likeness (QED) is 0.597. The summed E-state index contributed by atoms with van der Waals surface area (Å²) in [7, 11) is 0. The van der Waals surface area contributed by atoms with Crippen molar-refractivity contribution in [3.05, 3.63) is 59.1 Å². The molecule has 1 aliphatic rings. The molecule has 3 rings (SSSR count). The molecule has 134 valence electrons. The number of nitrogens with zero attached hydrogens (tertiary/aromatic N) is 2. The van der Waals surface area contributed by atoms with Crippen molar-refractivity contribution >= 4 is 11.6 Å². The summed E-state index contributed by atoms with van der Waals surface area (Å²) in [6, 6.07) is 4.45. The van der Waals surface area contributed by atoms with Crippen LogP contribution in [0.25, 0.3) is 11.4 Å². The number of ether oxygens (including phenoxy) is 2. The molecule has 26 heavy (non-hydrogen) atoms. The van der Waals surface area contributed by atoms with Crippen molar-refractivity contribution in [1.82, 2.24) is 9.97 Å². The first kappa shape index (κ1) is 18.5. The molecule has 0 amide bonds. The van der Waals surface area contributed by atoms with Crippen LogP contribution in [0.5, 0.6) is 0 Å². The van der Waals surface area contributed by atoms with E-state index in [0.29, 0.717) is 36.1 Å². The predicted molar refractivity (Wildman–Crippen MR) is 97.9 cm³/mol. The molecule has 0 spiro atoms. The van der Waals surface area contributed by atoms with Gasteiger partial charge in [-0.2, -0.15) is 0 Å². The summed E-state index contributed by atoms with van der Waals surface area (Å²) in [4.78, 5) is 8.43. The Kier molecular flexibility index (Phi) is 6.35. The van der Waals surface area contributed by atoms with E-state index in [1.165, 1.54) is 12.1 Å². The maximum atomic E-state index is 13.5. The lowest BCUT2D eigenvalue weighted by Crippen LogP contribution is -2.30. The summed E-state index contributed by atoms with van der Waals surface area (Å²) in [5.41, 5.74) is 1.18. The Hall–Kier alpha value is -2.26. The van der Waals surface area contributed by atoms with Gasteiger partial charge >= 0.3 is 0 Å². The first-order chi connectivity index (χ1) is 12.7. The summed E-state index contributed by atoms with van der Waals surface area (Å²) in [5.74, 6) is 6.13. The van der Waals surface area contributed by atoms with Crippen LogP contribution < -0.4 is 0 Å². The lowest BCUT2D eigenvalue weighted by Gasteiger charge is -2.25. The first-order valence-corrected chi connectivity index (χ1v) is 8.67. The predicted octanol–water partition coefficient (Wildman–Crippen LogP) is 4.24. The monoisotopic (exact) mass is 372 g/mol. The maximum absolute atomic E-state index is 13.5. The molecule has 0 radical (unpaired) electrons. The van der Waals surface area contributed by atoms with Crippen LogP contribution in [-0.4, -0.2) is 29.5 Å². The van der Waals surface area contributed by atoms with Gasteiger partial charge in [0, 0.05) is 23.9 Å². The summed E-state index contributed by atoms with van der Waals surface area (Å²) in [6.45, 7) is 3.25. The third-order valence-corrected chi connectivity index (χ3v) is 4.14. The summed E-state index contributed by atoms with van der Waals surface area (Å²) in [5, 5.41) is 0.0664. The second-order valence-electron chi connectivity index (χ2n) is 5.86. The van der Waals surface area contributed by atoms with E-state index >= 15 is 0 Å². The van der Waals surface area contributed by atoms with E-state index in [0.717, 1.165) is 6.42 Å². The zero-order valence-corrected chi connectivity index (χ0v) is 15.0. The number of hydrogen-bond donors (Lipinski definition) is 0. The minimum atomic E-state index is -0.540. The highest BCUT2D eigenvalue weighted by Crippen LogP contribution is 2.21. The average molecular weight is 373 g/mol. The van der Waals surface area contributed by atoms with Crippen LogP contribution in [0.3, 0.4) is 0 Å². The first-order valence-electron chi connectivity index (χ1n) is 8.29. The standard InChI is InChI=1S/C20H18ClFN2O2/c1-2-3-4-15-12-25-19(26-13-15)8-5-14-10-23-20(24-11-14)16-6-7-17(21)18(22)9-16/h2-3,6-7,9-11,15,19H,4,12-13H2,1H3. The number of rotatable bonds is 3. The van der Waals surface area contributed by atoms with Crippen molar-refractivity contribution in [3.8, 4) is 23.2 Å². The molecule has 0 N–H and O–H groups in total. The highest BCUT2D eigenvalue weighted by molar-refractivity contribution is 6.30. The fourth-order valence-electron chi connectivity index (χ4n) is 2.41. The molecule has 0 atom stereocenters. The normalized spacial score (nSPS) is 20.0. The minimum absolute atomic E-state index is 0.0664. The molecule has 2 aromatic rings. The number of allylic oxidation sites excluding steroid dienone is 2. The van der Waals surface area contributed by atoms with Crippen LogP contribution in [0.4, 0.5) is 4.39 Å². The van der Waals surface area contributed by atoms with Gasteiger partial charge in [-0.3, -0.25) is 0 Å². The van der Waals surface area contributed by atoms with Gasteiger partial charge in [0.05, 0.1) is 23.8 Å². The maximum Gasteiger partial charge on any atom is 0.222 e. The molecule has 1 aromatic carbocycles. The number of aromatic nitrogens is 2. The molecule has 0 unspecified atom stereocenters. The Bertz CT molecular complexity index is 835. The van der Waals surface area contributed by atoms with E-state index in [1.54, 1.807) is 18.5 Å². The topological polar surface area (TPSA) is 44.2 Å². The molecule has 1 aliphatic heterocycles. The van der Waals surface area contributed by atoms with E-state index in [4.69, 9.17) is 21.1 Å². The van der Waals surface area contributed by atoms with Gasteiger partial charge in [-0.1, -0.05) is 29.7 Å². The van der Waals surface area contributed by atoms with Gasteiger partial charge in [0.1, 0.15) is 5.82 Å². The van der Waals surface area contributed by atoms with Crippen molar-refractivity contribution in [3.63, 3.8) is 0 Å². The zero-order valence-electron chi connectivity index (χ0n) is 14.3. The van der Waals surface area contributed by atoms with Gasteiger partial charge in [-0.15, -0.1) is 0 Å². The van der Waals surface area contributed by atoms with Gasteiger partial charge in [0.25, 0.3) is 0 Å². The minimum Gasteiger partial charge on any atom is -0.342 e. The van der Waals surface area contributed by atoms with E-state index < -0.39 is 12.1 Å². The molecule has 0 aliphatic carbocycles. The molecule has 0 saturated carbocycles. The Labute approximate surface area is 157 Å². The third kappa shape index (κ3) is 4.89. The summed E-state index contributed by atoms with van der Waals surface area (Å²) >= 11 is 5.68. The second kappa shape index (κ2) is 8.91. The van der Waals surface area contributed by atoms with Gasteiger partial charge < -0.3 is 9.47 Å². The number of hydrogen-bond acceptors (Lipinski definition) is 4. The fraction of sp³-hybridized carbons (Fsp3) is 0.300. The molecular weight excluding hydrogens is 355 g/mol. The summed E-state index contributed by atoms with van der Waals surface area (Å²) < 4.78 is 24.7. The van der Waals surface area contributed by atoms with Gasteiger partial charge in [0.15, 0.2) is 5.82 Å². The van der Waals surface area contributed by atoms with E-state index in [9.17, 15) is 4.39 Å². The van der Waals surface area contributed by atoms with Gasteiger partial charge in [0.2, 0.25) is 6.29 Å². The Morgan fingerprint density at radius 3 is 2.65 bits per heavy atom. The van der Waals surface area contributed by atoms with Crippen molar-refractivity contribution in [2.75, 3.05) is 13.2 Å². The SMILES string of the molecule is CC=CCC1COC(C#Cc2cnc(-c3ccc(Cl)c(F)c3)nc2)OC1. The fourth-order valence-corrected chi connectivity index (χ4v) is 2.53. The van der Waals surface area contributed by atoms with Gasteiger partial charge in [-0.05, 0) is 37.5 Å². The van der Waals surface area contributed by atoms with Crippen LogP contribution in [0, 0.1) is 23.6 Å². The van der Waals surface area contributed by atoms with Crippen molar-refractivity contribution in [1.29, 1.82) is 0 Å². The van der Waals surface area contributed by atoms with Crippen molar-refractivity contribution in [2.45, 2.75) is 19.6 Å². The average Bonchev–Trinajstić information content (AvgIpc) is 2.68. The Morgan fingerprint density at radius 1 is 1.27 bits per heavy atom. The third-order valence-electron chi connectivity index (χ3n) is 3.84. The van der Waals surface area contributed by atoms with Crippen LogP contribution in [0.15, 0.2) is 42.7 Å². The molecule has 1 saturated heterocycles. The number of halogens is 2. The molecule has 4 nitrogen and oxygen atoms in total. The molecule has 1 aromatic heterocycles. The number of benzene rings is 1. The lowest BCUT2D eigenvalue weighted by atomic mass is 10.1. The molecule has 0 bridgehead atoms. The van der Waals surface area contributed by atoms with E-state index in [2.05, 4.69) is 27.9 Å².